The molecule has 0 bridgehead atoms. The first-order chi connectivity index (χ1) is 10.2. The highest BCUT2D eigenvalue weighted by Gasteiger charge is 2.13. The van der Waals surface area contributed by atoms with Gasteiger partial charge in [-0.1, -0.05) is 52.3 Å². The molecular weight excluding hydrogens is 507 g/mol. The summed E-state index contributed by atoms with van der Waals surface area (Å²) in [6, 6.07) is 18.9. The van der Waals surface area contributed by atoms with Gasteiger partial charge in [-0.3, -0.25) is 0 Å². The third-order valence-corrected chi connectivity index (χ3v) is 5.11. The van der Waals surface area contributed by atoms with Gasteiger partial charge in [-0.05, 0) is 50.5 Å². The van der Waals surface area contributed by atoms with Gasteiger partial charge < -0.3 is 3.07 Å². The maximum atomic E-state index is 5.60. The maximum Gasteiger partial charge on any atom is 0.192 e. The molecule has 3 aromatic rings. The molecule has 0 N–H and O–H groups in total. The Morgan fingerprint density at radius 2 is 1.71 bits per heavy atom. The first-order valence-corrected chi connectivity index (χ1v) is 8.89. The van der Waals surface area contributed by atoms with Crippen LogP contribution in [0.4, 0.5) is 0 Å². The zero-order valence-corrected chi connectivity index (χ0v) is 16.3. The molecule has 3 aromatic carbocycles. The topological polar surface area (TPSA) is 9.23 Å². The van der Waals surface area contributed by atoms with E-state index in [1.807, 2.05) is 35.1 Å². The Morgan fingerprint density at radius 1 is 0.952 bits per heavy atom. The first-order valence-electron chi connectivity index (χ1n) is 6.42. The highest BCUT2D eigenvalue weighted by atomic mass is 127. The number of fused-ring (bicyclic) bond motifs is 1. The Hall–Kier alpha value is -0.590. The highest BCUT2D eigenvalue weighted by molar-refractivity contribution is 14.1. The van der Waals surface area contributed by atoms with E-state index in [2.05, 4.69) is 74.3 Å². The first kappa shape index (κ1) is 15.3. The van der Waals surface area contributed by atoms with Crippen LogP contribution in [0.25, 0.3) is 10.8 Å². The number of halogens is 3. The second kappa shape index (κ2) is 6.67. The van der Waals surface area contributed by atoms with Crippen molar-refractivity contribution in [3.05, 3.63) is 74.7 Å². The average Bonchev–Trinajstić information content (AvgIpc) is 2.48. The fraction of sp³-hybridized carbons (Fsp3) is 0.0588. The number of benzene rings is 3. The molecule has 0 amide bonds. The van der Waals surface area contributed by atoms with Gasteiger partial charge in [0.05, 0.1) is 4.47 Å². The van der Waals surface area contributed by atoms with E-state index < -0.39 is 0 Å². The molecular formula is C17H11Br2IO. The third kappa shape index (κ3) is 3.27. The summed E-state index contributed by atoms with van der Waals surface area (Å²) < 4.78 is 7.68. The van der Waals surface area contributed by atoms with Crippen molar-refractivity contribution in [2.24, 2.45) is 0 Å². The lowest BCUT2D eigenvalue weighted by molar-refractivity contribution is 0.701. The van der Waals surface area contributed by atoms with Gasteiger partial charge in [0.15, 0.2) is 28.8 Å². The molecule has 0 saturated carbocycles. The molecule has 0 fully saturated rings. The van der Waals surface area contributed by atoms with Gasteiger partial charge >= 0.3 is 0 Å². The smallest absolute Gasteiger partial charge is 0.192 e. The van der Waals surface area contributed by atoms with Gasteiger partial charge in [-0.2, -0.15) is 0 Å². The van der Waals surface area contributed by atoms with Crippen LogP contribution in [0.2, 0.25) is 0 Å². The van der Waals surface area contributed by atoms with Gasteiger partial charge in [0.1, 0.15) is 0 Å². The largest absolute Gasteiger partial charge is 0.426 e. The van der Waals surface area contributed by atoms with Crippen molar-refractivity contribution in [1.82, 2.24) is 0 Å². The minimum Gasteiger partial charge on any atom is -0.426 e. The van der Waals surface area contributed by atoms with Crippen LogP contribution in [-0.4, -0.2) is 0 Å². The van der Waals surface area contributed by atoms with E-state index in [1.165, 1.54) is 16.5 Å². The predicted octanol–water partition coefficient (Wildman–Crippen LogP) is 6.68. The molecule has 106 valence electrons. The fourth-order valence-electron chi connectivity index (χ4n) is 2.40. The average molecular weight is 518 g/mol. The molecule has 0 spiro atoms. The summed E-state index contributed by atoms with van der Waals surface area (Å²) in [5, 5.41) is 2.35. The quantitative estimate of drug-likeness (QED) is 0.352. The maximum absolute atomic E-state index is 5.60. The predicted molar refractivity (Wildman–Crippen MR) is 103 cm³/mol. The second-order valence-electron chi connectivity index (χ2n) is 4.78. The Bertz CT molecular complexity index is 788. The Balaban J connectivity index is 2.16. The lowest BCUT2D eigenvalue weighted by Crippen LogP contribution is -1.93. The van der Waals surface area contributed by atoms with E-state index in [4.69, 9.17) is 3.07 Å². The van der Waals surface area contributed by atoms with Gasteiger partial charge in [0, 0.05) is 16.5 Å². The number of hydrogen-bond donors (Lipinski definition) is 0. The van der Waals surface area contributed by atoms with Crippen molar-refractivity contribution in [3.8, 4) is 5.75 Å². The molecule has 0 aliphatic heterocycles. The standard InChI is InChI=1S/C17H11Br2IO/c18-14-6-7-15-12(10-14)9-13(17(21-20)16(15)19)8-11-4-2-1-3-5-11/h1-7,9-10H,8H2. The molecule has 0 aliphatic rings. The number of hydrogen-bond acceptors (Lipinski definition) is 1. The summed E-state index contributed by atoms with van der Waals surface area (Å²) in [7, 11) is 0. The molecule has 3 rings (SSSR count). The van der Waals surface area contributed by atoms with Crippen molar-refractivity contribution < 1.29 is 3.07 Å². The van der Waals surface area contributed by atoms with E-state index in [0.717, 1.165) is 26.5 Å². The molecule has 0 radical (unpaired) electrons. The zero-order valence-electron chi connectivity index (χ0n) is 10.9. The Morgan fingerprint density at radius 3 is 2.43 bits per heavy atom. The van der Waals surface area contributed by atoms with Gasteiger partial charge in [0.25, 0.3) is 0 Å². The summed E-state index contributed by atoms with van der Waals surface area (Å²) in [5.74, 6) is 0.897. The summed E-state index contributed by atoms with van der Waals surface area (Å²) in [4.78, 5) is 0. The lowest BCUT2D eigenvalue weighted by atomic mass is 10.00. The fourth-order valence-corrected chi connectivity index (χ4v) is 4.28. The summed E-state index contributed by atoms with van der Waals surface area (Å²) >= 11 is 9.17. The van der Waals surface area contributed by atoms with E-state index in [1.54, 1.807) is 0 Å². The normalized spacial score (nSPS) is 10.8. The number of rotatable bonds is 3. The molecule has 1 nitrogen and oxygen atoms in total. The molecule has 4 heteroatoms. The summed E-state index contributed by atoms with van der Waals surface area (Å²) in [6.07, 6.45) is 0.847. The van der Waals surface area contributed by atoms with Crippen LogP contribution in [0, 0.1) is 0 Å². The highest BCUT2D eigenvalue weighted by Crippen LogP contribution is 2.39. The molecule has 0 heterocycles. The van der Waals surface area contributed by atoms with Crippen LogP contribution in [0.5, 0.6) is 5.75 Å². The van der Waals surface area contributed by atoms with Crippen molar-refractivity contribution in [2.75, 3.05) is 0 Å². The van der Waals surface area contributed by atoms with Crippen LogP contribution in [0.1, 0.15) is 11.1 Å². The van der Waals surface area contributed by atoms with E-state index in [-0.39, 0.29) is 0 Å². The van der Waals surface area contributed by atoms with Gasteiger partial charge in [-0.25, -0.2) is 0 Å². The Kier molecular flexibility index (Phi) is 4.86. The van der Waals surface area contributed by atoms with Gasteiger partial charge in [0.2, 0.25) is 0 Å². The van der Waals surface area contributed by atoms with Crippen LogP contribution in [-0.2, 0) is 6.42 Å². The van der Waals surface area contributed by atoms with Crippen LogP contribution in [0.3, 0.4) is 0 Å². The lowest BCUT2D eigenvalue weighted by Gasteiger charge is -2.13. The van der Waals surface area contributed by atoms with Crippen LogP contribution >= 0.6 is 54.9 Å². The van der Waals surface area contributed by atoms with Crippen molar-refractivity contribution >= 4 is 65.6 Å². The van der Waals surface area contributed by atoms with Crippen molar-refractivity contribution in [2.45, 2.75) is 6.42 Å². The molecule has 21 heavy (non-hydrogen) atoms. The van der Waals surface area contributed by atoms with E-state index >= 15 is 0 Å². The molecule has 0 unspecified atom stereocenters. The van der Waals surface area contributed by atoms with E-state index in [0.29, 0.717) is 0 Å². The van der Waals surface area contributed by atoms with Crippen LogP contribution < -0.4 is 3.07 Å². The Labute approximate surface area is 154 Å². The zero-order chi connectivity index (χ0) is 14.8. The summed E-state index contributed by atoms with van der Waals surface area (Å²) in [6.45, 7) is 0. The summed E-state index contributed by atoms with van der Waals surface area (Å²) in [5.41, 5.74) is 2.45. The molecule has 0 aromatic heterocycles. The minimum absolute atomic E-state index is 0.847. The molecule has 0 atom stereocenters. The molecule has 0 aliphatic carbocycles. The van der Waals surface area contributed by atoms with Crippen LogP contribution in [0.15, 0.2) is 63.5 Å². The third-order valence-electron chi connectivity index (χ3n) is 3.39. The minimum atomic E-state index is 0.847. The second-order valence-corrected chi connectivity index (χ2v) is 6.93. The van der Waals surface area contributed by atoms with Crippen molar-refractivity contribution in [1.29, 1.82) is 0 Å². The van der Waals surface area contributed by atoms with Crippen molar-refractivity contribution in [3.63, 3.8) is 0 Å². The SMILES string of the molecule is Brc1ccc2c(Br)c(OI)c(Cc3ccccc3)cc2c1. The molecule has 0 saturated heterocycles. The van der Waals surface area contributed by atoms with Gasteiger partial charge in [-0.15, -0.1) is 0 Å². The van der Waals surface area contributed by atoms with E-state index in [9.17, 15) is 0 Å². The monoisotopic (exact) mass is 516 g/mol.